The number of carbonyl (C=O) groups is 1. The second kappa shape index (κ2) is 6.44. The molecule has 0 N–H and O–H groups in total. The van der Waals surface area contributed by atoms with Gasteiger partial charge in [-0.05, 0) is 17.7 Å². The van der Waals surface area contributed by atoms with Crippen LogP contribution in [0.2, 0.25) is 0 Å². The van der Waals surface area contributed by atoms with Crippen LogP contribution in [0.25, 0.3) is 0 Å². The zero-order valence-electron chi connectivity index (χ0n) is 8.11. The lowest BCUT2D eigenvalue weighted by atomic mass is 10.1. The molecule has 1 aromatic carbocycles. The van der Waals surface area contributed by atoms with E-state index < -0.39 is 0 Å². The van der Waals surface area contributed by atoms with Gasteiger partial charge in [0.05, 0.1) is 0 Å². The average Bonchev–Trinajstić information content (AvgIpc) is 2.25. The molecule has 0 bridgehead atoms. The molecule has 0 fully saturated rings. The quantitative estimate of drug-likeness (QED) is 0.404. The molecule has 0 saturated carbocycles. The molecule has 0 amide bonds. The van der Waals surface area contributed by atoms with Gasteiger partial charge in [-0.25, -0.2) is 0 Å². The summed E-state index contributed by atoms with van der Waals surface area (Å²) >= 11 is 1.87. The summed E-state index contributed by atoms with van der Waals surface area (Å²) < 4.78 is 0. The molecule has 1 rings (SSSR count). The molecule has 0 aromatic heterocycles. The first-order chi connectivity index (χ1) is 6.86. The number of hydrogen-bond acceptors (Lipinski definition) is 2. The highest BCUT2D eigenvalue weighted by atomic mass is 32.2. The maximum absolute atomic E-state index is 10.4. The first-order valence-electron chi connectivity index (χ1n) is 4.59. The van der Waals surface area contributed by atoms with E-state index in [1.54, 1.807) is 0 Å². The van der Waals surface area contributed by atoms with Crippen LogP contribution in [-0.2, 0) is 6.42 Å². The fourth-order valence-electron chi connectivity index (χ4n) is 1.12. The van der Waals surface area contributed by atoms with Crippen molar-refractivity contribution in [2.75, 3.05) is 11.5 Å². The molecule has 0 atom stereocenters. The fraction of sp³-hybridized carbons (Fsp3) is 0.250. The Bertz CT molecular complexity index is 290. The van der Waals surface area contributed by atoms with E-state index in [4.69, 9.17) is 0 Å². The third kappa shape index (κ3) is 3.79. The van der Waals surface area contributed by atoms with Gasteiger partial charge in [0.15, 0.2) is 0 Å². The molecule has 0 aliphatic heterocycles. The topological polar surface area (TPSA) is 17.1 Å². The van der Waals surface area contributed by atoms with E-state index in [1.165, 1.54) is 5.56 Å². The highest BCUT2D eigenvalue weighted by Crippen LogP contribution is 2.08. The highest BCUT2D eigenvalue weighted by Gasteiger charge is 1.93. The van der Waals surface area contributed by atoms with Crippen molar-refractivity contribution >= 4 is 18.0 Å². The Hall–Kier alpha value is -1.02. The molecule has 0 aliphatic rings. The molecular weight excluding hydrogens is 192 g/mol. The van der Waals surface area contributed by atoms with E-state index in [9.17, 15) is 4.79 Å². The zero-order valence-corrected chi connectivity index (χ0v) is 8.93. The minimum absolute atomic E-state index is 0.743. The number of thioether (sulfide) groups is 1. The summed E-state index contributed by atoms with van der Waals surface area (Å²) in [5.41, 5.74) is 2.03. The smallest absolute Gasteiger partial charge is 0.150 e. The van der Waals surface area contributed by atoms with Crippen LogP contribution in [0.4, 0.5) is 0 Å². The van der Waals surface area contributed by atoms with Crippen LogP contribution in [0, 0.1) is 0 Å². The number of aryl methyl sites for hydroxylation is 1. The Morgan fingerprint density at radius 3 is 2.57 bits per heavy atom. The lowest BCUT2D eigenvalue weighted by Crippen LogP contribution is -1.89. The van der Waals surface area contributed by atoms with Gasteiger partial charge in [0.2, 0.25) is 0 Å². The normalized spacial score (nSPS) is 9.71. The van der Waals surface area contributed by atoms with Gasteiger partial charge in [0, 0.05) is 11.3 Å². The van der Waals surface area contributed by atoms with Gasteiger partial charge >= 0.3 is 0 Å². The van der Waals surface area contributed by atoms with Crippen molar-refractivity contribution in [3.05, 3.63) is 48.0 Å². The van der Waals surface area contributed by atoms with Crippen LogP contribution in [0.1, 0.15) is 15.9 Å². The van der Waals surface area contributed by atoms with Crippen molar-refractivity contribution in [3.8, 4) is 0 Å². The molecule has 74 valence electrons. The maximum atomic E-state index is 10.4. The molecule has 0 spiro atoms. The molecule has 1 nitrogen and oxygen atoms in total. The van der Waals surface area contributed by atoms with Crippen molar-refractivity contribution in [1.29, 1.82) is 0 Å². The van der Waals surface area contributed by atoms with Crippen LogP contribution in [-0.4, -0.2) is 17.8 Å². The molecule has 0 heterocycles. The van der Waals surface area contributed by atoms with E-state index in [0.717, 1.165) is 29.8 Å². The first kappa shape index (κ1) is 11.1. The van der Waals surface area contributed by atoms with Crippen LogP contribution in [0.15, 0.2) is 36.9 Å². The summed E-state index contributed by atoms with van der Waals surface area (Å²) in [6, 6.07) is 7.75. The maximum Gasteiger partial charge on any atom is 0.150 e. The summed E-state index contributed by atoms with van der Waals surface area (Å²) in [5, 5.41) is 0. The van der Waals surface area contributed by atoms with Gasteiger partial charge in [-0.15, -0.1) is 6.58 Å². The molecule has 0 aliphatic carbocycles. The fourth-order valence-corrected chi connectivity index (χ4v) is 1.83. The Morgan fingerprint density at radius 2 is 2.00 bits per heavy atom. The molecular formula is C12H14OS. The predicted molar refractivity (Wildman–Crippen MR) is 63.1 cm³/mol. The van der Waals surface area contributed by atoms with Crippen LogP contribution in [0.5, 0.6) is 0 Å². The molecule has 2 heteroatoms. The number of aldehydes is 1. The van der Waals surface area contributed by atoms with E-state index >= 15 is 0 Å². The number of rotatable bonds is 6. The van der Waals surface area contributed by atoms with Gasteiger partial charge in [-0.3, -0.25) is 4.79 Å². The van der Waals surface area contributed by atoms with E-state index in [-0.39, 0.29) is 0 Å². The largest absolute Gasteiger partial charge is 0.298 e. The van der Waals surface area contributed by atoms with Crippen LogP contribution < -0.4 is 0 Å². The summed E-state index contributed by atoms with van der Waals surface area (Å²) in [7, 11) is 0. The minimum Gasteiger partial charge on any atom is -0.298 e. The Morgan fingerprint density at radius 1 is 1.29 bits per heavy atom. The Balaban J connectivity index is 2.36. The SMILES string of the molecule is C=CCSCCc1ccc(C=O)cc1. The molecule has 0 unspecified atom stereocenters. The van der Waals surface area contributed by atoms with E-state index in [1.807, 2.05) is 42.1 Å². The second-order valence-corrected chi connectivity index (χ2v) is 4.12. The Labute approximate surface area is 89.2 Å². The van der Waals surface area contributed by atoms with Crippen molar-refractivity contribution in [1.82, 2.24) is 0 Å². The van der Waals surface area contributed by atoms with Gasteiger partial charge in [-0.1, -0.05) is 30.3 Å². The summed E-state index contributed by atoms with van der Waals surface area (Å²) in [5.74, 6) is 2.11. The van der Waals surface area contributed by atoms with Gasteiger partial charge < -0.3 is 0 Å². The molecule has 1 aromatic rings. The number of benzene rings is 1. The summed E-state index contributed by atoms with van der Waals surface area (Å²) in [6.45, 7) is 3.67. The van der Waals surface area contributed by atoms with Crippen molar-refractivity contribution < 1.29 is 4.79 Å². The van der Waals surface area contributed by atoms with Crippen molar-refractivity contribution in [3.63, 3.8) is 0 Å². The van der Waals surface area contributed by atoms with Gasteiger partial charge in [0.25, 0.3) is 0 Å². The first-order valence-corrected chi connectivity index (χ1v) is 5.75. The van der Waals surface area contributed by atoms with Crippen LogP contribution >= 0.6 is 11.8 Å². The third-order valence-electron chi connectivity index (χ3n) is 1.89. The average molecular weight is 206 g/mol. The molecule has 0 radical (unpaired) electrons. The standard InChI is InChI=1S/C12H14OS/c1-2-8-14-9-7-11-3-5-12(10-13)6-4-11/h2-6,10H,1,7-9H2. The summed E-state index contributed by atoms with van der Waals surface area (Å²) in [6.07, 6.45) is 3.84. The van der Waals surface area contributed by atoms with E-state index in [0.29, 0.717) is 0 Å². The Kier molecular flexibility index (Phi) is 5.08. The zero-order chi connectivity index (χ0) is 10.2. The predicted octanol–water partition coefficient (Wildman–Crippen LogP) is 2.96. The lowest BCUT2D eigenvalue weighted by Gasteiger charge is -2.00. The number of hydrogen-bond donors (Lipinski definition) is 0. The van der Waals surface area contributed by atoms with E-state index in [2.05, 4.69) is 6.58 Å². The second-order valence-electron chi connectivity index (χ2n) is 2.97. The van der Waals surface area contributed by atoms with Crippen LogP contribution in [0.3, 0.4) is 0 Å². The van der Waals surface area contributed by atoms with Gasteiger partial charge in [0.1, 0.15) is 6.29 Å². The third-order valence-corrected chi connectivity index (χ3v) is 2.85. The highest BCUT2D eigenvalue weighted by molar-refractivity contribution is 7.99. The van der Waals surface area contributed by atoms with Gasteiger partial charge in [-0.2, -0.15) is 11.8 Å². The van der Waals surface area contributed by atoms with Crippen molar-refractivity contribution in [2.24, 2.45) is 0 Å². The minimum atomic E-state index is 0.743. The lowest BCUT2D eigenvalue weighted by molar-refractivity contribution is 0.112. The molecule has 0 saturated heterocycles. The molecule has 14 heavy (non-hydrogen) atoms. The summed E-state index contributed by atoms with van der Waals surface area (Å²) in [4.78, 5) is 10.4. The van der Waals surface area contributed by atoms with Crippen molar-refractivity contribution in [2.45, 2.75) is 6.42 Å². The monoisotopic (exact) mass is 206 g/mol. The number of carbonyl (C=O) groups excluding carboxylic acids is 1.